The molecule has 2 aromatic heterocycles. The number of nitrogens with one attached hydrogen (secondary N) is 1. The predicted molar refractivity (Wildman–Crippen MR) is 91.8 cm³/mol. The lowest BCUT2D eigenvalue weighted by molar-refractivity contribution is -0.385. The maximum absolute atomic E-state index is 11.5. The molecule has 8 nitrogen and oxygen atoms in total. The normalized spacial score (nSPS) is 10.3. The third kappa shape index (κ3) is 3.99. The first-order valence-corrected chi connectivity index (χ1v) is 7.57. The Kier molecular flexibility index (Phi) is 5.00. The van der Waals surface area contributed by atoms with Crippen LogP contribution in [0.15, 0.2) is 55.1 Å². The molecule has 1 aromatic carbocycles. The average molecular weight is 358 g/mol. The molecular weight excluding hydrogens is 346 g/mol. The number of aromatic nitrogens is 3. The lowest BCUT2D eigenvalue weighted by Crippen LogP contribution is -2.07. The summed E-state index contributed by atoms with van der Waals surface area (Å²) in [6, 6.07) is 10.5. The van der Waals surface area contributed by atoms with Crippen LogP contribution in [0, 0.1) is 10.1 Å². The summed E-state index contributed by atoms with van der Waals surface area (Å²) >= 11 is 6.09. The van der Waals surface area contributed by atoms with E-state index >= 15 is 0 Å². The Hall–Kier alpha value is -3.26. The van der Waals surface area contributed by atoms with Crippen molar-refractivity contribution >= 4 is 23.1 Å². The maximum Gasteiger partial charge on any atom is 0.373 e. The van der Waals surface area contributed by atoms with Gasteiger partial charge in [0.05, 0.1) is 11.1 Å². The number of anilines is 1. The first-order valence-electron chi connectivity index (χ1n) is 7.19. The minimum atomic E-state index is -0.597. The lowest BCUT2D eigenvalue weighted by Gasteiger charge is -2.10. The molecule has 0 atom stereocenters. The molecule has 0 amide bonds. The van der Waals surface area contributed by atoms with Gasteiger partial charge in [0, 0.05) is 17.8 Å². The smallest absolute Gasteiger partial charge is 0.373 e. The molecule has 2 heterocycles. The van der Waals surface area contributed by atoms with Crippen molar-refractivity contribution < 1.29 is 9.66 Å². The van der Waals surface area contributed by atoms with E-state index in [4.69, 9.17) is 16.3 Å². The van der Waals surface area contributed by atoms with Gasteiger partial charge < -0.3 is 10.1 Å². The van der Waals surface area contributed by atoms with Crippen LogP contribution < -0.4 is 10.1 Å². The minimum absolute atomic E-state index is 0.0406. The Balaban J connectivity index is 1.87. The summed E-state index contributed by atoms with van der Waals surface area (Å²) in [4.78, 5) is 22.6. The molecule has 9 heteroatoms. The second kappa shape index (κ2) is 7.54. The van der Waals surface area contributed by atoms with Gasteiger partial charge in [-0.25, -0.2) is 4.98 Å². The van der Waals surface area contributed by atoms with Gasteiger partial charge in [0.25, 0.3) is 0 Å². The van der Waals surface area contributed by atoms with Crippen LogP contribution in [0.5, 0.6) is 11.6 Å². The van der Waals surface area contributed by atoms with Gasteiger partial charge in [0.2, 0.25) is 5.82 Å². The molecule has 3 aromatic rings. The summed E-state index contributed by atoms with van der Waals surface area (Å²) in [5, 5.41) is 14.9. The zero-order valence-corrected chi connectivity index (χ0v) is 13.6. The van der Waals surface area contributed by atoms with Gasteiger partial charge in [-0.2, -0.15) is 4.98 Å². The highest BCUT2D eigenvalue weighted by molar-refractivity contribution is 6.31. The first-order chi connectivity index (χ1) is 12.1. The number of nitrogens with zero attached hydrogens (tertiary/aromatic N) is 4. The fourth-order valence-corrected chi connectivity index (χ4v) is 2.27. The Bertz CT molecular complexity index is 892. The van der Waals surface area contributed by atoms with Crippen LogP contribution in [-0.2, 0) is 6.54 Å². The van der Waals surface area contributed by atoms with Crippen molar-refractivity contribution in [3.63, 3.8) is 0 Å². The highest BCUT2D eigenvalue weighted by Gasteiger charge is 2.25. The molecule has 0 aliphatic rings. The standard InChI is InChI=1S/C16H12ClN5O3/c17-13-6-2-1-4-11(13)8-19-15-14(22(23)24)16(21-10-20-15)25-12-5-3-7-18-9-12/h1-7,9-10H,8H2,(H,19,20,21). The minimum Gasteiger partial charge on any atom is -0.432 e. The highest BCUT2D eigenvalue weighted by Crippen LogP contribution is 2.34. The molecular formula is C16H12ClN5O3. The first kappa shape index (κ1) is 16.6. The number of hydrogen-bond acceptors (Lipinski definition) is 7. The van der Waals surface area contributed by atoms with Crippen molar-refractivity contribution in [1.29, 1.82) is 0 Å². The summed E-state index contributed by atoms with van der Waals surface area (Å²) in [7, 11) is 0. The number of hydrogen-bond donors (Lipinski definition) is 1. The van der Waals surface area contributed by atoms with E-state index in [1.807, 2.05) is 12.1 Å². The summed E-state index contributed by atoms with van der Waals surface area (Å²) in [6.45, 7) is 0.268. The predicted octanol–water partition coefficient (Wildman–Crippen LogP) is 3.84. The fourth-order valence-electron chi connectivity index (χ4n) is 2.07. The highest BCUT2D eigenvalue weighted by atomic mass is 35.5. The van der Waals surface area contributed by atoms with Crippen LogP contribution in [0.25, 0.3) is 0 Å². The second-order valence-electron chi connectivity index (χ2n) is 4.87. The SMILES string of the molecule is O=[N+]([O-])c1c(NCc2ccccc2Cl)ncnc1Oc1cccnc1. The van der Waals surface area contributed by atoms with Crippen LogP contribution in [-0.4, -0.2) is 19.9 Å². The van der Waals surface area contributed by atoms with E-state index < -0.39 is 4.92 Å². The summed E-state index contributed by atoms with van der Waals surface area (Å²) in [5.74, 6) is 0.204. The molecule has 0 radical (unpaired) electrons. The van der Waals surface area contributed by atoms with Crippen LogP contribution >= 0.6 is 11.6 Å². The molecule has 0 saturated heterocycles. The van der Waals surface area contributed by atoms with Crippen molar-refractivity contribution in [2.24, 2.45) is 0 Å². The Morgan fingerprint density at radius 1 is 1.20 bits per heavy atom. The van der Waals surface area contributed by atoms with Crippen molar-refractivity contribution in [3.05, 3.63) is 75.8 Å². The quantitative estimate of drug-likeness (QED) is 0.528. The van der Waals surface area contributed by atoms with E-state index in [0.717, 1.165) is 5.56 Å². The third-order valence-corrected chi connectivity index (χ3v) is 3.59. The van der Waals surface area contributed by atoms with E-state index in [9.17, 15) is 10.1 Å². The lowest BCUT2D eigenvalue weighted by atomic mass is 10.2. The molecule has 0 aliphatic carbocycles. The fraction of sp³-hybridized carbons (Fsp3) is 0.0625. The molecule has 0 aliphatic heterocycles. The van der Waals surface area contributed by atoms with Crippen LogP contribution in [0.1, 0.15) is 5.56 Å². The zero-order chi connectivity index (χ0) is 17.6. The second-order valence-corrected chi connectivity index (χ2v) is 5.28. The topological polar surface area (TPSA) is 103 Å². The molecule has 126 valence electrons. The number of nitro groups is 1. The molecule has 25 heavy (non-hydrogen) atoms. The Labute approximate surface area is 147 Å². The molecule has 0 saturated carbocycles. The summed E-state index contributed by atoms with van der Waals surface area (Å²) in [6.07, 6.45) is 4.19. The van der Waals surface area contributed by atoms with Crippen molar-refractivity contribution in [3.8, 4) is 11.6 Å². The van der Waals surface area contributed by atoms with E-state index in [0.29, 0.717) is 10.8 Å². The van der Waals surface area contributed by atoms with Gasteiger partial charge in [0.15, 0.2) is 0 Å². The molecule has 0 bridgehead atoms. The van der Waals surface area contributed by atoms with E-state index in [1.54, 1.807) is 30.5 Å². The van der Waals surface area contributed by atoms with Crippen molar-refractivity contribution in [2.75, 3.05) is 5.32 Å². The van der Waals surface area contributed by atoms with Gasteiger partial charge in [-0.3, -0.25) is 15.1 Å². The summed E-state index contributed by atoms with van der Waals surface area (Å²) < 4.78 is 5.47. The molecule has 0 spiro atoms. The third-order valence-electron chi connectivity index (χ3n) is 3.22. The largest absolute Gasteiger partial charge is 0.432 e. The van der Waals surface area contributed by atoms with Gasteiger partial charge in [0.1, 0.15) is 12.1 Å². The van der Waals surface area contributed by atoms with Gasteiger partial charge in [-0.1, -0.05) is 29.8 Å². The Morgan fingerprint density at radius 3 is 2.76 bits per heavy atom. The van der Waals surface area contributed by atoms with Crippen molar-refractivity contribution in [2.45, 2.75) is 6.54 Å². The van der Waals surface area contributed by atoms with Crippen LogP contribution in [0.2, 0.25) is 5.02 Å². The number of rotatable bonds is 6. The van der Waals surface area contributed by atoms with E-state index in [2.05, 4.69) is 20.3 Å². The van der Waals surface area contributed by atoms with Gasteiger partial charge in [-0.05, 0) is 23.8 Å². The number of ether oxygens (including phenoxy) is 1. The van der Waals surface area contributed by atoms with Crippen LogP contribution in [0.3, 0.4) is 0 Å². The number of benzene rings is 1. The summed E-state index contributed by atoms with van der Waals surface area (Å²) in [5.41, 5.74) is 0.421. The van der Waals surface area contributed by atoms with Crippen LogP contribution in [0.4, 0.5) is 11.5 Å². The molecule has 0 unspecified atom stereocenters. The molecule has 0 fully saturated rings. The zero-order valence-electron chi connectivity index (χ0n) is 12.8. The Morgan fingerprint density at radius 2 is 2.04 bits per heavy atom. The van der Waals surface area contributed by atoms with E-state index in [1.165, 1.54) is 12.5 Å². The average Bonchev–Trinajstić information content (AvgIpc) is 2.62. The van der Waals surface area contributed by atoms with Gasteiger partial charge in [-0.15, -0.1) is 0 Å². The number of pyridine rings is 1. The number of halogens is 1. The molecule has 1 N–H and O–H groups in total. The van der Waals surface area contributed by atoms with Gasteiger partial charge >= 0.3 is 11.6 Å². The molecule has 3 rings (SSSR count). The van der Waals surface area contributed by atoms with E-state index in [-0.39, 0.29) is 23.9 Å². The maximum atomic E-state index is 11.5. The van der Waals surface area contributed by atoms with Crippen molar-refractivity contribution in [1.82, 2.24) is 15.0 Å². The monoisotopic (exact) mass is 357 g/mol.